The quantitative estimate of drug-likeness (QED) is 0.781. The number of rotatable bonds is 4. The molecule has 0 aliphatic heterocycles. The third-order valence-corrected chi connectivity index (χ3v) is 2.83. The zero-order valence-electron chi connectivity index (χ0n) is 9.90. The van der Waals surface area contributed by atoms with E-state index >= 15 is 0 Å². The predicted octanol–water partition coefficient (Wildman–Crippen LogP) is 2.82. The van der Waals surface area contributed by atoms with Crippen LogP contribution in [0.3, 0.4) is 0 Å². The Hall–Kier alpha value is -1.03. The van der Waals surface area contributed by atoms with Gasteiger partial charge in [0, 0.05) is 30.3 Å². The van der Waals surface area contributed by atoms with Gasteiger partial charge < -0.3 is 9.47 Å². The first-order valence-corrected chi connectivity index (χ1v) is 6.00. The highest BCUT2D eigenvalue weighted by molar-refractivity contribution is 9.10. The Labute approximate surface area is 105 Å². The molecule has 1 aromatic heterocycles. The van der Waals surface area contributed by atoms with Crippen molar-refractivity contribution in [3.63, 3.8) is 0 Å². The first-order chi connectivity index (χ1) is 7.47. The normalized spacial score (nSPS) is 10.6. The maximum absolute atomic E-state index is 12.2. The minimum Gasteiger partial charge on any atom is -0.345 e. The van der Waals surface area contributed by atoms with Crippen LogP contribution in [0.5, 0.6) is 0 Å². The van der Waals surface area contributed by atoms with Gasteiger partial charge in [-0.2, -0.15) is 0 Å². The molecule has 0 atom stereocenters. The van der Waals surface area contributed by atoms with Crippen LogP contribution in [0, 0.1) is 0 Å². The van der Waals surface area contributed by atoms with Crippen LogP contribution in [0.2, 0.25) is 0 Å². The summed E-state index contributed by atoms with van der Waals surface area (Å²) in [5, 5.41) is 0. The van der Waals surface area contributed by atoms with E-state index in [2.05, 4.69) is 22.5 Å². The third kappa shape index (κ3) is 2.76. The molecule has 0 unspecified atom stereocenters. The van der Waals surface area contributed by atoms with Crippen molar-refractivity contribution in [2.24, 2.45) is 7.05 Å². The molecule has 0 saturated carbocycles. The van der Waals surface area contributed by atoms with E-state index in [4.69, 9.17) is 0 Å². The molecule has 0 aliphatic carbocycles. The van der Waals surface area contributed by atoms with Gasteiger partial charge in [0.2, 0.25) is 0 Å². The van der Waals surface area contributed by atoms with Crippen molar-refractivity contribution in [2.75, 3.05) is 6.54 Å². The van der Waals surface area contributed by atoms with Crippen LogP contribution in [0.25, 0.3) is 0 Å². The Morgan fingerprint density at radius 2 is 2.31 bits per heavy atom. The van der Waals surface area contributed by atoms with E-state index < -0.39 is 0 Å². The fraction of sp³-hybridized carbons (Fsp3) is 0.417. The number of aryl methyl sites for hydroxylation is 1. The molecule has 88 valence electrons. The molecule has 0 N–H and O–H groups in total. The maximum Gasteiger partial charge on any atom is 0.271 e. The van der Waals surface area contributed by atoms with Crippen LogP contribution in [0.1, 0.15) is 24.3 Å². The van der Waals surface area contributed by atoms with E-state index in [0.29, 0.717) is 12.2 Å². The summed E-state index contributed by atoms with van der Waals surface area (Å²) < 4.78 is 2.74. The Bertz CT molecular complexity index is 396. The van der Waals surface area contributed by atoms with E-state index in [0.717, 1.165) is 4.47 Å². The molecule has 0 fully saturated rings. The zero-order valence-corrected chi connectivity index (χ0v) is 11.5. The summed E-state index contributed by atoms with van der Waals surface area (Å²) in [6.07, 6.45) is 3.62. The van der Waals surface area contributed by atoms with Crippen LogP contribution >= 0.6 is 15.9 Å². The summed E-state index contributed by atoms with van der Waals surface area (Å²) in [5.41, 5.74) is 0.683. The summed E-state index contributed by atoms with van der Waals surface area (Å²) in [6.45, 7) is 8.24. The van der Waals surface area contributed by atoms with Crippen LogP contribution in [-0.2, 0) is 7.05 Å². The highest BCUT2D eigenvalue weighted by Crippen LogP contribution is 2.16. The zero-order chi connectivity index (χ0) is 12.3. The van der Waals surface area contributed by atoms with Crippen molar-refractivity contribution in [3.8, 4) is 0 Å². The Kier molecular flexibility index (Phi) is 4.35. The van der Waals surface area contributed by atoms with Crippen molar-refractivity contribution in [1.29, 1.82) is 0 Å². The van der Waals surface area contributed by atoms with Gasteiger partial charge in [0.15, 0.2) is 0 Å². The molecule has 1 rings (SSSR count). The van der Waals surface area contributed by atoms with Gasteiger partial charge in [-0.05, 0) is 35.8 Å². The summed E-state index contributed by atoms with van der Waals surface area (Å²) in [6, 6.07) is 2.00. The summed E-state index contributed by atoms with van der Waals surface area (Å²) in [5.74, 6) is 0.0306. The average Bonchev–Trinajstić information content (AvgIpc) is 2.53. The number of hydrogen-bond donors (Lipinski definition) is 0. The highest BCUT2D eigenvalue weighted by Gasteiger charge is 2.20. The molecular formula is C12H17BrN2O. The van der Waals surface area contributed by atoms with Crippen LogP contribution in [0.15, 0.2) is 29.4 Å². The van der Waals surface area contributed by atoms with Crippen molar-refractivity contribution in [3.05, 3.63) is 35.1 Å². The highest BCUT2D eigenvalue weighted by atomic mass is 79.9. The molecule has 1 amide bonds. The lowest BCUT2D eigenvalue weighted by molar-refractivity contribution is 0.0719. The Morgan fingerprint density at radius 1 is 1.69 bits per heavy atom. The molecule has 0 spiro atoms. The summed E-state index contributed by atoms with van der Waals surface area (Å²) >= 11 is 3.36. The monoisotopic (exact) mass is 284 g/mol. The first-order valence-electron chi connectivity index (χ1n) is 5.21. The predicted molar refractivity (Wildman–Crippen MR) is 69.5 cm³/mol. The van der Waals surface area contributed by atoms with Crippen LogP contribution in [-0.4, -0.2) is 28.0 Å². The molecule has 3 nitrogen and oxygen atoms in total. The second kappa shape index (κ2) is 5.34. The second-order valence-corrected chi connectivity index (χ2v) is 4.91. The summed E-state index contributed by atoms with van der Waals surface area (Å²) in [7, 11) is 1.87. The van der Waals surface area contributed by atoms with Gasteiger partial charge >= 0.3 is 0 Å². The SMILES string of the molecule is C=CCN(C(=O)c1cc(Br)cn1C)C(C)C. The largest absolute Gasteiger partial charge is 0.345 e. The van der Waals surface area contributed by atoms with Crippen molar-refractivity contribution in [2.45, 2.75) is 19.9 Å². The molecule has 16 heavy (non-hydrogen) atoms. The van der Waals surface area contributed by atoms with Gasteiger partial charge in [0.25, 0.3) is 5.91 Å². The molecule has 0 saturated heterocycles. The number of nitrogens with zero attached hydrogens (tertiary/aromatic N) is 2. The fourth-order valence-corrected chi connectivity index (χ4v) is 2.08. The lowest BCUT2D eigenvalue weighted by Crippen LogP contribution is -2.37. The molecular weight excluding hydrogens is 268 g/mol. The van der Waals surface area contributed by atoms with Gasteiger partial charge in [0.05, 0.1) is 0 Å². The van der Waals surface area contributed by atoms with E-state index in [-0.39, 0.29) is 11.9 Å². The number of amides is 1. The number of halogens is 1. The smallest absolute Gasteiger partial charge is 0.271 e. The van der Waals surface area contributed by atoms with Crippen molar-refractivity contribution in [1.82, 2.24) is 9.47 Å². The van der Waals surface area contributed by atoms with Crippen molar-refractivity contribution < 1.29 is 4.79 Å². The molecule has 0 aliphatic rings. The number of hydrogen-bond acceptors (Lipinski definition) is 1. The number of aromatic nitrogens is 1. The number of carbonyl (C=O) groups excluding carboxylic acids is 1. The van der Waals surface area contributed by atoms with E-state index in [1.54, 1.807) is 11.0 Å². The average molecular weight is 285 g/mol. The molecule has 0 bridgehead atoms. The van der Waals surface area contributed by atoms with Gasteiger partial charge in [-0.15, -0.1) is 6.58 Å². The lowest BCUT2D eigenvalue weighted by Gasteiger charge is -2.25. The first kappa shape index (κ1) is 13.0. The van der Waals surface area contributed by atoms with E-state index in [1.807, 2.05) is 37.7 Å². The minimum absolute atomic E-state index is 0.0306. The van der Waals surface area contributed by atoms with Crippen LogP contribution in [0.4, 0.5) is 0 Å². The lowest BCUT2D eigenvalue weighted by atomic mass is 10.2. The van der Waals surface area contributed by atoms with Gasteiger partial charge in [-0.3, -0.25) is 4.79 Å². The standard InChI is InChI=1S/C12H17BrN2O/c1-5-6-15(9(2)3)12(16)11-7-10(13)8-14(11)4/h5,7-9H,1,6H2,2-4H3. The van der Waals surface area contributed by atoms with E-state index in [1.165, 1.54) is 0 Å². The molecule has 1 heterocycles. The third-order valence-electron chi connectivity index (χ3n) is 2.40. The second-order valence-electron chi connectivity index (χ2n) is 3.99. The van der Waals surface area contributed by atoms with Crippen molar-refractivity contribution >= 4 is 21.8 Å². The van der Waals surface area contributed by atoms with Gasteiger partial charge in [-0.25, -0.2) is 0 Å². The fourth-order valence-electron chi connectivity index (χ4n) is 1.55. The topological polar surface area (TPSA) is 25.2 Å². The maximum atomic E-state index is 12.2. The molecule has 0 radical (unpaired) electrons. The van der Waals surface area contributed by atoms with Gasteiger partial charge in [0.1, 0.15) is 5.69 Å². The summed E-state index contributed by atoms with van der Waals surface area (Å²) in [4.78, 5) is 14.0. The van der Waals surface area contributed by atoms with Gasteiger partial charge in [-0.1, -0.05) is 6.08 Å². The molecule has 1 aromatic rings. The van der Waals surface area contributed by atoms with Crippen LogP contribution < -0.4 is 0 Å². The molecule has 0 aromatic carbocycles. The number of carbonyl (C=O) groups is 1. The molecule has 4 heteroatoms. The Morgan fingerprint density at radius 3 is 2.69 bits per heavy atom. The minimum atomic E-state index is 0.0306. The van der Waals surface area contributed by atoms with E-state index in [9.17, 15) is 4.79 Å². The Balaban J connectivity index is 2.98.